The molecule has 1 aliphatic rings. The zero-order chi connectivity index (χ0) is 20.9. The monoisotopic (exact) mass is 395 g/mol. The summed E-state index contributed by atoms with van der Waals surface area (Å²) in [5.41, 5.74) is 1.37. The van der Waals surface area contributed by atoms with Crippen LogP contribution in [0.4, 0.5) is 0 Å². The molecule has 1 N–H and O–H groups in total. The molecule has 0 amide bonds. The van der Waals surface area contributed by atoms with Gasteiger partial charge < -0.3 is 14.4 Å². The van der Waals surface area contributed by atoms with Crippen molar-refractivity contribution >= 4 is 16.9 Å². The normalized spacial score (nSPS) is 15.8. The van der Waals surface area contributed by atoms with Crippen LogP contribution in [0, 0.1) is 5.41 Å². The predicted octanol–water partition coefficient (Wildman–Crippen LogP) is 3.95. The van der Waals surface area contributed by atoms with Crippen LogP contribution in [0.5, 0.6) is 5.75 Å². The minimum absolute atomic E-state index is 0.0574. The van der Waals surface area contributed by atoms with E-state index in [-0.39, 0.29) is 17.0 Å². The second kappa shape index (κ2) is 6.76. The van der Waals surface area contributed by atoms with Crippen LogP contribution in [0.3, 0.4) is 0 Å². The van der Waals surface area contributed by atoms with Crippen molar-refractivity contribution in [2.75, 3.05) is 6.61 Å². The van der Waals surface area contributed by atoms with Crippen molar-refractivity contribution in [1.29, 1.82) is 0 Å². The fourth-order valence-electron chi connectivity index (χ4n) is 3.96. The lowest BCUT2D eigenvalue weighted by atomic mass is 9.85. The Morgan fingerprint density at radius 2 is 2.10 bits per heavy atom. The van der Waals surface area contributed by atoms with E-state index >= 15 is 0 Å². The van der Waals surface area contributed by atoms with Crippen LogP contribution < -0.4 is 10.2 Å². The molecule has 0 spiro atoms. The molecule has 1 atom stereocenters. The molecule has 1 unspecified atom stereocenters. The summed E-state index contributed by atoms with van der Waals surface area (Å²) in [5.74, 6) is -0.494. The highest BCUT2D eigenvalue weighted by Crippen LogP contribution is 2.42. The van der Waals surface area contributed by atoms with Gasteiger partial charge in [-0.15, -0.1) is 0 Å². The SMILES string of the molecule is CCCOc1cccc2c3n(nc12)CC(C(C)(C)C)n1cc(C(=O)O)c(=O)cc1-3. The third kappa shape index (κ3) is 3.10. The van der Waals surface area contributed by atoms with Crippen LogP contribution in [-0.2, 0) is 6.54 Å². The minimum atomic E-state index is -1.21. The van der Waals surface area contributed by atoms with E-state index < -0.39 is 11.4 Å². The van der Waals surface area contributed by atoms with Gasteiger partial charge in [-0.1, -0.05) is 39.8 Å². The summed E-state index contributed by atoms with van der Waals surface area (Å²) in [6.07, 6.45) is 2.38. The Labute approximate surface area is 168 Å². The third-order valence-corrected chi connectivity index (χ3v) is 5.43. The van der Waals surface area contributed by atoms with Crippen LogP contribution in [0.15, 0.2) is 35.3 Å². The lowest BCUT2D eigenvalue weighted by molar-refractivity contribution is 0.0693. The molecular formula is C22H25N3O4. The lowest BCUT2D eigenvalue weighted by Crippen LogP contribution is -2.35. The number of hydrogen-bond donors (Lipinski definition) is 1. The highest BCUT2D eigenvalue weighted by molar-refractivity contribution is 5.96. The van der Waals surface area contributed by atoms with Gasteiger partial charge in [0.05, 0.1) is 30.6 Å². The van der Waals surface area contributed by atoms with Gasteiger partial charge in [-0.3, -0.25) is 9.48 Å². The standard InChI is InChI=1S/C22H25N3O4/c1-5-9-29-17-8-6-7-13-19(17)23-25-12-18(22(2,3)4)24-11-14(21(27)28)16(26)10-15(24)20(13)25/h6-8,10-11,18H,5,9,12H2,1-4H3,(H,27,28). The second-order valence-electron chi connectivity index (χ2n) is 8.56. The maximum Gasteiger partial charge on any atom is 0.341 e. The van der Waals surface area contributed by atoms with Crippen molar-refractivity contribution in [3.63, 3.8) is 0 Å². The van der Waals surface area contributed by atoms with E-state index in [0.29, 0.717) is 18.8 Å². The van der Waals surface area contributed by atoms with Gasteiger partial charge in [-0.2, -0.15) is 5.10 Å². The summed E-state index contributed by atoms with van der Waals surface area (Å²) in [5, 5.41) is 15.2. The summed E-state index contributed by atoms with van der Waals surface area (Å²) in [7, 11) is 0. The first-order valence-corrected chi connectivity index (χ1v) is 9.84. The highest BCUT2D eigenvalue weighted by atomic mass is 16.5. The first-order valence-electron chi connectivity index (χ1n) is 9.84. The number of aromatic nitrogens is 3. The number of carboxylic acids is 1. The minimum Gasteiger partial charge on any atom is -0.491 e. The van der Waals surface area contributed by atoms with Gasteiger partial charge in [0.2, 0.25) is 0 Å². The molecule has 3 heterocycles. The molecule has 0 aliphatic carbocycles. The smallest absolute Gasteiger partial charge is 0.341 e. The van der Waals surface area contributed by atoms with Gasteiger partial charge in [-0.05, 0) is 17.9 Å². The first-order chi connectivity index (χ1) is 13.7. The summed E-state index contributed by atoms with van der Waals surface area (Å²) in [4.78, 5) is 24.1. The maximum atomic E-state index is 12.5. The van der Waals surface area contributed by atoms with Crippen molar-refractivity contribution in [3.05, 3.63) is 46.2 Å². The van der Waals surface area contributed by atoms with Crippen LogP contribution >= 0.6 is 0 Å². The topological polar surface area (TPSA) is 86.3 Å². The molecular weight excluding hydrogens is 370 g/mol. The number of benzene rings is 1. The summed E-state index contributed by atoms with van der Waals surface area (Å²) in [6, 6.07) is 7.15. The summed E-state index contributed by atoms with van der Waals surface area (Å²) in [6.45, 7) is 9.53. The number of carboxylic acid groups (broad SMARTS) is 1. The third-order valence-electron chi connectivity index (χ3n) is 5.43. The molecule has 0 saturated carbocycles. The summed E-state index contributed by atoms with van der Waals surface area (Å²) < 4.78 is 9.74. The molecule has 4 rings (SSSR count). The summed E-state index contributed by atoms with van der Waals surface area (Å²) >= 11 is 0. The average molecular weight is 395 g/mol. The Balaban J connectivity index is 2.01. The molecule has 0 saturated heterocycles. The molecule has 0 fully saturated rings. The van der Waals surface area contributed by atoms with Gasteiger partial charge in [0.15, 0.2) is 5.43 Å². The molecule has 7 heteroatoms. The molecule has 1 aliphatic heterocycles. The van der Waals surface area contributed by atoms with Crippen molar-refractivity contribution in [3.8, 4) is 17.1 Å². The number of pyridine rings is 1. The fourth-order valence-corrected chi connectivity index (χ4v) is 3.96. The van der Waals surface area contributed by atoms with Gasteiger partial charge in [0.1, 0.15) is 16.8 Å². The quantitative estimate of drug-likeness (QED) is 0.723. The van der Waals surface area contributed by atoms with Crippen molar-refractivity contribution in [1.82, 2.24) is 14.3 Å². The van der Waals surface area contributed by atoms with Gasteiger partial charge in [0, 0.05) is 17.6 Å². The number of aromatic carboxylic acids is 1. The fraction of sp³-hybridized carbons (Fsp3) is 0.409. The second-order valence-corrected chi connectivity index (χ2v) is 8.56. The van der Waals surface area contributed by atoms with E-state index in [1.165, 1.54) is 12.3 Å². The molecule has 152 valence electrons. The van der Waals surface area contributed by atoms with E-state index in [4.69, 9.17) is 9.84 Å². The van der Waals surface area contributed by atoms with E-state index in [2.05, 4.69) is 27.7 Å². The largest absolute Gasteiger partial charge is 0.491 e. The van der Waals surface area contributed by atoms with Gasteiger partial charge in [0.25, 0.3) is 0 Å². The van der Waals surface area contributed by atoms with Crippen molar-refractivity contribution < 1.29 is 14.6 Å². The first kappa shape index (κ1) is 19.2. The zero-order valence-corrected chi connectivity index (χ0v) is 17.1. The van der Waals surface area contributed by atoms with E-state index in [9.17, 15) is 14.7 Å². The van der Waals surface area contributed by atoms with Crippen LogP contribution in [0.25, 0.3) is 22.3 Å². The Hall–Kier alpha value is -3.09. The van der Waals surface area contributed by atoms with Crippen molar-refractivity contribution in [2.45, 2.75) is 46.7 Å². The molecule has 2 aromatic heterocycles. The number of carbonyl (C=O) groups is 1. The number of nitrogens with zero attached hydrogens (tertiary/aromatic N) is 3. The van der Waals surface area contributed by atoms with Crippen LogP contribution in [-0.4, -0.2) is 32.0 Å². The number of rotatable bonds is 4. The van der Waals surface area contributed by atoms with Gasteiger partial charge >= 0.3 is 5.97 Å². The maximum absolute atomic E-state index is 12.5. The van der Waals surface area contributed by atoms with Gasteiger partial charge in [-0.25, -0.2) is 4.79 Å². The highest BCUT2D eigenvalue weighted by Gasteiger charge is 2.35. The number of fused-ring (bicyclic) bond motifs is 5. The Bertz CT molecular complexity index is 1170. The Morgan fingerprint density at radius 3 is 2.76 bits per heavy atom. The van der Waals surface area contributed by atoms with E-state index in [1.807, 2.05) is 27.4 Å². The zero-order valence-electron chi connectivity index (χ0n) is 17.1. The molecule has 0 radical (unpaired) electrons. The Kier molecular flexibility index (Phi) is 4.48. The predicted molar refractivity (Wildman–Crippen MR) is 111 cm³/mol. The molecule has 3 aromatic rings. The average Bonchev–Trinajstić information content (AvgIpc) is 3.03. The lowest BCUT2D eigenvalue weighted by Gasteiger charge is -2.38. The number of ether oxygens (including phenoxy) is 1. The van der Waals surface area contributed by atoms with Crippen molar-refractivity contribution in [2.24, 2.45) is 5.41 Å². The van der Waals surface area contributed by atoms with E-state index in [0.717, 1.165) is 28.8 Å². The molecule has 0 bridgehead atoms. The molecule has 29 heavy (non-hydrogen) atoms. The van der Waals surface area contributed by atoms with E-state index in [1.54, 1.807) is 0 Å². The number of hydrogen-bond acceptors (Lipinski definition) is 4. The van der Waals surface area contributed by atoms with Crippen LogP contribution in [0.2, 0.25) is 0 Å². The van der Waals surface area contributed by atoms with Crippen LogP contribution in [0.1, 0.15) is 50.5 Å². The Morgan fingerprint density at radius 1 is 1.34 bits per heavy atom. The molecule has 1 aromatic carbocycles. The molecule has 7 nitrogen and oxygen atoms in total.